The maximum absolute atomic E-state index is 2.51. The molecule has 344 valence electrons. The molecule has 2 fully saturated rings. The summed E-state index contributed by atoms with van der Waals surface area (Å²) in [5.41, 5.74) is 15.3. The Bertz CT molecular complexity index is 2140. The van der Waals surface area contributed by atoms with E-state index in [9.17, 15) is 0 Å². The van der Waals surface area contributed by atoms with E-state index in [1.807, 2.05) is 0 Å². The largest absolute Gasteiger partial charge is 1.00 e. The zero-order valence-electron chi connectivity index (χ0n) is 41.1. The Morgan fingerprint density at radius 2 is 0.797 bits per heavy atom. The van der Waals surface area contributed by atoms with Gasteiger partial charge in [0.05, 0.1) is 0 Å². The summed E-state index contributed by atoms with van der Waals surface area (Å²) in [5, 5.41) is 5.69. The first-order valence-electron chi connectivity index (χ1n) is 25.0. The molecule has 0 amide bonds. The molecule has 8 rings (SSSR count). The molecule has 2 aliphatic rings. The van der Waals surface area contributed by atoms with Gasteiger partial charge in [-0.2, -0.15) is 12.1 Å². The third-order valence-electron chi connectivity index (χ3n) is 14.2. The minimum Gasteiger partial charge on any atom is -1.00 e. The third kappa shape index (κ3) is 15.4. The Balaban J connectivity index is 0.000000252. The van der Waals surface area contributed by atoms with Crippen molar-refractivity contribution in [3.63, 3.8) is 0 Å². The zero-order valence-corrected chi connectivity index (χ0v) is 46.1. The second-order valence-electron chi connectivity index (χ2n) is 20.5. The summed E-state index contributed by atoms with van der Waals surface area (Å²) in [7, 11) is 0. The molecule has 64 heavy (non-hydrogen) atoms. The van der Waals surface area contributed by atoms with Crippen LogP contribution in [0.5, 0.6) is 0 Å². The summed E-state index contributed by atoms with van der Waals surface area (Å²) in [6.07, 6.45) is 28.0. The maximum Gasteiger partial charge on any atom is -1.00 e. The molecule has 0 bridgehead atoms. The van der Waals surface area contributed by atoms with Gasteiger partial charge in [-0.05, 0) is 101 Å². The van der Waals surface area contributed by atoms with Crippen molar-refractivity contribution in [3.05, 3.63) is 130 Å². The van der Waals surface area contributed by atoms with Crippen LogP contribution in [-0.4, -0.2) is 5.43 Å². The van der Waals surface area contributed by atoms with Gasteiger partial charge >= 0.3 is 41.9 Å². The van der Waals surface area contributed by atoms with Crippen LogP contribution < -0.4 is 24.8 Å². The number of rotatable bonds is 10. The Kier molecular flexibility index (Phi) is 22.4. The molecule has 6 aromatic rings. The first-order chi connectivity index (χ1) is 29.9. The van der Waals surface area contributed by atoms with E-state index in [2.05, 4.69) is 152 Å². The van der Waals surface area contributed by atoms with Crippen molar-refractivity contribution < 1.29 is 48.1 Å². The van der Waals surface area contributed by atoms with E-state index >= 15 is 0 Å². The van der Waals surface area contributed by atoms with Crippen LogP contribution in [-0.2, 0) is 36.2 Å². The van der Waals surface area contributed by atoms with Crippen LogP contribution in [0.2, 0.25) is 13.1 Å². The van der Waals surface area contributed by atoms with Gasteiger partial charge in [0.15, 0.2) is 0 Å². The van der Waals surface area contributed by atoms with Crippen LogP contribution >= 0.6 is 0 Å². The van der Waals surface area contributed by atoms with Crippen molar-refractivity contribution in [1.29, 1.82) is 0 Å². The van der Waals surface area contributed by atoms with Gasteiger partial charge < -0.3 is 24.8 Å². The molecule has 4 heteroatoms. The van der Waals surface area contributed by atoms with Crippen molar-refractivity contribution >= 4 is 27.0 Å². The molecule has 0 aliphatic heterocycles. The molecule has 6 aromatic carbocycles. The predicted octanol–water partition coefficient (Wildman–Crippen LogP) is 12.6. The molecule has 0 atom stereocenters. The SMILES string of the molecule is CCCC1(Cc2cc3c(-c4cc(C)cc(C)c4)cccc3[cH-]2)CCCCCCC1.CCCC1(Cc2cc3c(-c4cc(C)cc(C)c4)cccc3[cH-]2)CCCCCCC1.C[Si](C)=[Zr+2].[Cl-].[Cl-]. The maximum atomic E-state index is 2.51. The van der Waals surface area contributed by atoms with Crippen LogP contribution in [0.4, 0.5) is 0 Å². The molecule has 2 aliphatic carbocycles. The van der Waals surface area contributed by atoms with Gasteiger partial charge in [-0.15, -0.1) is 69.1 Å². The number of hydrogen-bond donors (Lipinski definition) is 0. The van der Waals surface area contributed by atoms with Crippen LogP contribution in [0.3, 0.4) is 0 Å². The van der Waals surface area contributed by atoms with Crippen molar-refractivity contribution in [3.8, 4) is 22.3 Å². The standard InChI is InChI=1S/2C29H37.C2H6Si.2ClH.Zr/c2*1-4-13-29(14-8-6-5-7-9-15-29)21-24-19-25-11-10-12-27(28(25)20-24)26-17-22(2)16-23(3)18-26;1-3-2;;;/h2*10-12,16-20H,4-9,13-15,21H2,1-3H3;1-2H3;2*1H;/q2*-1;;;;+2/p-2. The summed E-state index contributed by atoms with van der Waals surface area (Å²) < 4.78 is 0. The number of halogens is 2. The topological polar surface area (TPSA) is 0 Å². The minimum absolute atomic E-state index is 0. The summed E-state index contributed by atoms with van der Waals surface area (Å²) in [6, 6.07) is 37.5. The zero-order chi connectivity index (χ0) is 44.1. The fraction of sp³-hybridized carbons (Fsp3) is 0.500. The van der Waals surface area contributed by atoms with Crippen LogP contribution in [0.15, 0.2) is 97.1 Å². The molecule has 0 heterocycles. The number of hydrogen-bond acceptors (Lipinski definition) is 0. The molecule has 0 radical (unpaired) electrons. The molecular weight excluding hydrogens is 911 g/mol. The van der Waals surface area contributed by atoms with Crippen molar-refractivity contribution in [2.24, 2.45) is 10.8 Å². The second-order valence-corrected chi connectivity index (χ2v) is 29.9. The summed E-state index contributed by atoms with van der Waals surface area (Å²) in [4.78, 5) is 0. The molecule has 0 spiro atoms. The van der Waals surface area contributed by atoms with E-state index < -0.39 is 0 Å². The van der Waals surface area contributed by atoms with Gasteiger partial charge in [0.2, 0.25) is 0 Å². The molecule has 0 aromatic heterocycles. The van der Waals surface area contributed by atoms with Crippen molar-refractivity contribution in [1.82, 2.24) is 0 Å². The second kappa shape index (κ2) is 26.4. The van der Waals surface area contributed by atoms with E-state index in [-0.39, 0.29) is 30.2 Å². The van der Waals surface area contributed by atoms with Crippen LogP contribution in [0.1, 0.15) is 163 Å². The van der Waals surface area contributed by atoms with Crippen LogP contribution in [0.25, 0.3) is 43.8 Å². The monoisotopic (exact) mass is 988 g/mol. The Morgan fingerprint density at radius 3 is 1.11 bits per heavy atom. The average molecular weight is 992 g/mol. The summed E-state index contributed by atoms with van der Waals surface area (Å²) >= 11 is 1.74. The Labute approximate surface area is 418 Å². The predicted molar refractivity (Wildman–Crippen MR) is 273 cm³/mol. The summed E-state index contributed by atoms with van der Waals surface area (Å²) in [6.45, 7) is 18.2. The molecule has 0 unspecified atom stereocenters. The number of benzene rings is 4. The van der Waals surface area contributed by atoms with Gasteiger partial charge in [-0.25, -0.2) is 0 Å². The first kappa shape index (κ1) is 54.4. The van der Waals surface area contributed by atoms with Crippen molar-refractivity contribution in [2.45, 2.75) is 183 Å². The van der Waals surface area contributed by atoms with Crippen molar-refractivity contribution in [2.75, 3.05) is 0 Å². The van der Waals surface area contributed by atoms with Gasteiger partial charge in [0.1, 0.15) is 0 Å². The first-order valence-corrected chi connectivity index (χ1v) is 31.1. The quantitative estimate of drug-likeness (QED) is 0.0948. The smallest absolute Gasteiger partial charge is 1.00 e. The number of fused-ring (bicyclic) bond motifs is 2. The molecule has 2 saturated carbocycles. The molecule has 0 saturated heterocycles. The average Bonchev–Trinajstić information content (AvgIpc) is 3.80. The third-order valence-corrected chi connectivity index (χ3v) is 14.2. The summed E-state index contributed by atoms with van der Waals surface area (Å²) in [5.74, 6) is 0. The van der Waals surface area contributed by atoms with E-state index in [0.717, 1.165) is 0 Å². The van der Waals surface area contributed by atoms with E-state index in [0.29, 0.717) is 10.8 Å². The fourth-order valence-corrected chi connectivity index (χ4v) is 11.8. The fourth-order valence-electron chi connectivity index (χ4n) is 11.8. The molecule has 0 N–H and O–H groups in total. The van der Waals surface area contributed by atoms with Gasteiger partial charge in [-0.1, -0.05) is 173 Å². The van der Waals surface area contributed by atoms with E-state index in [1.165, 1.54) is 194 Å². The van der Waals surface area contributed by atoms with Gasteiger partial charge in [0.25, 0.3) is 0 Å². The van der Waals surface area contributed by atoms with E-state index in [1.54, 1.807) is 34.5 Å². The normalized spacial score (nSPS) is 16.0. The molecular formula is C60H80Cl2SiZr-2. The van der Waals surface area contributed by atoms with E-state index in [4.69, 9.17) is 0 Å². The van der Waals surface area contributed by atoms with Gasteiger partial charge in [0, 0.05) is 0 Å². The molecule has 0 nitrogen and oxygen atoms in total. The Hall–Kier alpha value is -2.22. The van der Waals surface area contributed by atoms with Crippen LogP contribution in [0, 0.1) is 38.5 Å². The minimum atomic E-state index is 0. The Morgan fingerprint density at radius 1 is 0.484 bits per heavy atom. The van der Waals surface area contributed by atoms with Gasteiger partial charge in [-0.3, -0.25) is 0 Å². The number of aryl methyl sites for hydroxylation is 4.